The lowest BCUT2D eigenvalue weighted by molar-refractivity contribution is 0.0879. The van der Waals surface area contributed by atoms with Crippen molar-refractivity contribution in [1.82, 2.24) is 20.3 Å². The van der Waals surface area contributed by atoms with Crippen LogP contribution in [0, 0.1) is 0 Å². The molecule has 2 aromatic heterocycles. The molecule has 1 fully saturated rings. The van der Waals surface area contributed by atoms with E-state index in [9.17, 15) is 9.90 Å². The van der Waals surface area contributed by atoms with Crippen LogP contribution >= 0.6 is 0 Å². The van der Waals surface area contributed by atoms with Gasteiger partial charge in [0.2, 0.25) is 0 Å². The first-order chi connectivity index (χ1) is 12.6. The monoisotopic (exact) mass is 352 g/mol. The molecule has 1 aliphatic carbocycles. The Balaban J connectivity index is 1.33. The van der Waals surface area contributed by atoms with Crippen molar-refractivity contribution in [1.29, 1.82) is 0 Å². The first-order valence-corrected chi connectivity index (χ1v) is 8.66. The summed E-state index contributed by atoms with van der Waals surface area (Å²) in [7, 11) is 0. The van der Waals surface area contributed by atoms with Gasteiger partial charge in [-0.3, -0.25) is 9.48 Å². The normalized spacial score (nSPS) is 20.4. The Hall–Kier alpha value is -2.93. The van der Waals surface area contributed by atoms with E-state index in [4.69, 9.17) is 4.52 Å². The number of carbonyl (C=O) groups is 1. The molecular formula is C19H20N4O3. The number of aliphatic hydroxyl groups excluding tert-OH is 1. The van der Waals surface area contributed by atoms with E-state index >= 15 is 0 Å². The van der Waals surface area contributed by atoms with Crippen molar-refractivity contribution in [3.05, 3.63) is 60.0 Å². The van der Waals surface area contributed by atoms with Crippen LogP contribution in [-0.4, -0.2) is 32.0 Å². The fraction of sp³-hybridized carbons (Fsp3) is 0.316. The summed E-state index contributed by atoms with van der Waals surface area (Å²) in [6.45, 7) is 1.69. The molecule has 0 unspecified atom stereocenters. The van der Waals surface area contributed by atoms with E-state index in [-0.39, 0.29) is 23.7 Å². The van der Waals surface area contributed by atoms with Gasteiger partial charge in [-0.1, -0.05) is 35.5 Å². The number of hydrogen-bond donors (Lipinski definition) is 2. The van der Waals surface area contributed by atoms with E-state index in [1.165, 1.54) is 0 Å². The lowest BCUT2D eigenvalue weighted by Gasteiger charge is -2.35. The molecular weight excluding hydrogens is 332 g/mol. The second-order valence-corrected chi connectivity index (χ2v) is 6.63. The Morgan fingerprint density at radius 3 is 2.77 bits per heavy atom. The highest BCUT2D eigenvalue weighted by atomic mass is 16.5. The molecule has 26 heavy (non-hydrogen) atoms. The highest BCUT2D eigenvalue weighted by molar-refractivity contribution is 5.93. The van der Waals surface area contributed by atoms with Gasteiger partial charge in [0, 0.05) is 23.9 Å². The maximum Gasteiger partial charge on any atom is 0.273 e. The molecule has 0 saturated heterocycles. The molecule has 2 heterocycles. The van der Waals surface area contributed by atoms with Crippen LogP contribution in [0.25, 0.3) is 11.3 Å². The molecule has 1 saturated carbocycles. The van der Waals surface area contributed by atoms with Crippen LogP contribution in [0.4, 0.5) is 0 Å². The van der Waals surface area contributed by atoms with Gasteiger partial charge >= 0.3 is 0 Å². The number of nitrogens with one attached hydrogen (secondary N) is 1. The van der Waals surface area contributed by atoms with Crippen LogP contribution in [0.3, 0.4) is 0 Å². The predicted molar refractivity (Wildman–Crippen MR) is 94.3 cm³/mol. The zero-order valence-electron chi connectivity index (χ0n) is 14.4. The lowest BCUT2D eigenvalue weighted by atomic mass is 9.87. The van der Waals surface area contributed by atoms with Gasteiger partial charge in [-0.05, 0) is 25.8 Å². The van der Waals surface area contributed by atoms with E-state index in [0.717, 1.165) is 18.4 Å². The first kappa shape index (κ1) is 16.5. The van der Waals surface area contributed by atoms with Gasteiger partial charge < -0.3 is 14.9 Å². The fourth-order valence-corrected chi connectivity index (χ4v) is 3.08. The van der Waals surface area contributed by atoms with E-state index in [2.05, 4.69) is 15.6 Å². The topological polar surface area (TPSA) is 93.2 Å². The molecule has 0 radical (unpaired) electrons. The quantitative estimate of drug-likeness (QED) is 0.736. The molecule has 2 N–H and O–H groups in total. The highest BCUT2D eigenvalue weighted by Crippen LogP contribution is 2.32. The second kappa shape index (κ2) is 6.76. The predicted octanol–water partition coefficient (Wildman–Crippen LogP) is 2.72. The zero-order chi connectivity index (χ0) is 18.1. The summed E-state index contributed by atoms with van der Waals surface area (Å²) in [6, 6.07) is 13.3. The molecule has 7 heteroatoms. The van der Waals surface area contributed by atoms with Crippen molar-refractivity contribution >= 4 is 5.91 Å². The van der Waals surface area contributed by atoms with Gasteiger partial charge in [-0.25, -0.2) is 0 Å². The molecule has 0 spiro atoms. The molecule has 3 aromatic rings. The number of hydrogen-bond acceptors (Lipinski definition) is 5. The summed E-state index contributed by atoms with van der Waals surface area (Å²) in [5, 5.41) is 20.8. The third-order valence-electron chi connectivity index (χ3n) is 4.68. The van der Waals surface area contributed by atoms with Crippen molar-refractivity contribution < 1.29 is 14.4 Å². The fourth-order valence-electron chi connectivity index (χ4n) is 3.08. The molecule has 1 atom stereocenters. The standard InChI is InChI=1S/C19H20N4O3/c1-12(24)16-7-8-23(21-16)15-9-14(10-15)20-19(25)17-11-18(26-22-17)13-5-3-2-4-6-13/h2-8,11-12,14-15,24H,9-10H2,1H3,(H,20,25)/t12-,14-,15-/m1/s1. The van der Waals surface area contributed by atoms with E-state index in [1.54, 1.807) is 13.0 Å². The van der Waals surface area contributed by atoms with Crippen LogP contribution in [0.2, 0.25) is 0 Å². The molecule has 0 aliphatic heterocycles. The number of aliphatic hydroxyl groups is 1. The summed E-state index contributed by atoms with van der Waals surface area (Å²) in [6.07, 6.45) is 2.90. The molecule has 0 bridgehead atoms. The smallest absolute Gasteiger partial charge is 0.273 e. The second-order valence-electron chi connectivity index (χ2n) is 6.63. The van der Waals surface area contributed by atoms with Crippen molar-refractivity contribution in [3.63, 3.8) is 0 Å². The summed E-state index contributed by atoms with van der Waals surface area (Å²) in [5.41, 5.74) is 1.83. The minimum atomic E-state index is -0.571. The van der Waals surface area contributed by atoms with Crippen molar-refractivity contribution in [2.75, 3.05) is 0 Å². The molecule has 1 aromatic carbocycles. The van der Waals surface area contributed by atoms with E-state index < -0.39 is 6.10 Å². The number of carbonyl (C=O) groups excluding carboxylic acids is 1. The van der Waals surface area contributed by atoms with Crippen LogP contribution in [0.5, 0.6) is 0 Å². The Morgan fingerprint density at radius 1 is 1.31 bits per heavy atom. The molecule has 134 valence electrons. The van der Waals surface area contributed by atoms with E-state index in [1.807, 2.05) is 47.3 Å². The minimum Gasteiger partial charge on any atom is -0.387 e. The van der Waals surface area contributed by atoms with Gasteiger partial charge in [0.1, 0.15) is 0 Å². The zero-order valence-corrected chi connectivity index (χ0v) is 14.4. The maximum atomic E-state index is 12.3. The number of nitrogens with zero attached hydrogens (tertiary/aromatic N) is 3. The number of benzene rings is 1. The lowest BCUT2D eigenvalue weighted by Crippen LogP contribution is -2.45. The minimum absolute atomic E-state index is 0.0866. The summed E-state index contributed by atoms with van der Waals surface area (Å²) >= 11 is 0. The third-order valence-corrected chi connectivity index (χ3v) is 4.68. The molecule has 7 nitrogen and oxygen atoms in total. The Morgan fingerprint density at radius 2 is 2.08 bits per heavy atom. The maximum absolute atomic E-state index is 12.3. The Kier molecular flexibility index (Phi) is 4.30. The molecule has 1 aliphatic rings. The summed E-state index contributed by atoms with van der Waals surface area (Å²) in [5.74, 6) is 0.342. The van der Waals surface area contributed by atoms with Gasteiger partial charge in [-0.2, -0.15) is 5.10 Å². The van der Waals surface area contributed by atoms with Crippen LogP contribution in [-0.2, 0) is 0 Å². The third kappa shape index (κ3) is 3.25. The number of aromatic nitrogens is 3. The largest absolute Gasteiger partial charge is 0.387 e. The van der Waals surface area contributed by atoms with Gasteiger partial charge in [-0.15, -0.1) is 0 Å². The van der Waals surface area contributed by atoms with E-state index in [0.29, 0.717) is 11.5 Å². The first-order valence-electron chi connectivity index (χ1n) is 8.66. The van der Waals surface area contributed by atoms with Crippen molar-refractivity contribution in [2.45, 2.75) is 38.0 Å². The highest BCUT2D eigenvalue weighted by Gasteiger charge is 2.33. The van der Waals surface area contributed by atoms with Crippen molar-refractivity contribution in [3.8, 4) is 11.3 Å². The summed E-state index contributed by atoms with van der Waals surface area (Å²) < 4.78 is 7.13. The molecule has 1 amide bonds. The summed E-state index contributed by atoms with van der Waals surface area (Å²) in [4.78, 5) is 12.3. The average molecular weight is 352 g/mol. The van der Waals surface area contributed by atoms with Gasteiger partial charge in [0.05, 0.1) is 17.8 Å². The van der Waals surface area contributed by atoms with Gasteiger partial charge in [0.15, 0.2) is 11.5 Å². The van der Waals surface area contributed by atoms with Crippen LogP contribution in [0.15, 0.2) is 53.2 Å². The number of rotatable bonds is 5. The Labute approximate surface area is 150 Å². The van der Waals surface area contributed by atoms with Gasteiger partial charge in [0.25, 0.3) is 5.91 Å². The van der Waals surface area contributed by atoms with Crippen LogP contribution in [0.1, 0.15) is 48.1 Å². The molecule has 4 rings (SSSR count). The van der Waals surface area contributed by atoms with Crippen LogP contribution < -0.4 is 5.32 Å². The average Bonchev–Trinajstić information content (AvgIpc) is 3.28. The SMILES string of the molecule is C[C@@H](O)c1ccn([C@H]2C[C@H](NC(=O)c3cc(-c4ccccc4)on3)C2)n1. The Bertz CT molecular complexity index is 894. The van der Waals surface area contributed by atoms with Crippen molar-refractivity contribution in [2.24, 2.45) is 0 Å². The number of amides is 1.